The maximum absolute atomic E-state index is 11.7. The molecule has 2 heterocycles. The Morgan fingerprint density at radius 3 is 2.64 bits per heavy atom. The smallest absolute Gasteiger partial charge is 0.238 e. The van der Waals surface area contributed by atoms with E-state index in [-0.39, 0.29) is 10.8 Å². The predicted octanol–water partition coefficient (Wildman–Crippen LogP) is 2.67. The van der Waals surface area contributed by atoms with Crippen LogP contribution >= 0.6 is 0 Å². The van der Waals surface area contributed by atoms with Crippen LogP contribution < -0.4 is 16.2 Å². The van der Waals surface area contributed by atoms with E-state index >= 15 is 0 Å². The van der Waals surface area contributed by atoms with Gasteiger partial charge in [-0.1, -0.05) is 18.2 Å². The zero-order chi connectivity index (χ0) is 19.7. The first-order chi connectivity index (χ1) is 13.4. The first kappa shape index (κ1) is 17.8. The van der Waals surface area contributed by atoms with E-state index in [1.54, 1.807) is 18.3 Å². The van der Waals surface area contributed by atoms with Crippen molar-refractivity contribution in [1.82, 2.24) is 15.0 Å². The number of hydrogen-bond donors (Lipinski definition) is 3. The highest BCUT2D eigenvalue weighted by Gasteiger charge is 2.13. The first-order valence-corrected chi connectivity index (χ1v) is 9.82. The lowest BCUT2D eigenvalue weighted by atomic mass is 10.1. The van der Waals surface area contributed by atoms with Gasteiger partial charge >= 0.3 is 0 Å². The molecule has 28 heavy (non-hydrogen) atoms. The van der Waals surface area contributed by atoms with Gasteiger partial charge in [0.2, 0.25) is 16.0 Å². The summed E-state index contributed by atoms with van der Waals surface area (Å²) in [5.41, 5.74) is 8.60. The Morgan fingerprint density at radius 2 is 1.82 bits per heavy atom. The lowest BCUT2D eigenvalue weighted by Gasteiger charge is -2.12. The number of benzene rings is 2. The van der Waals surface area contributed by atoms with Crippen molar-refractivity contribution < 1.29 is 8.42 Å². The zero-order valence-corrected chi connectivity index (χ0v) is 15.4. The molecule has 8 nitrogen and oxygen atoms in total. The molecular weight excluding hydrogens is 376 g/mol. The Hall–Kier alpha value is -3.56. The third kappa shape index (κ3) is 3.61. The maximum Gasteiger partial charge on any atom is 0.238 e. The van der Waals surface area contributed by atoms with Crippen molar-refractivity contribution in [1.29, 1.82) is 0 Å². The second-order valence-electron chi connectivity index (χ2n) is 6.10. The molecular formula is C19H16N6O2S. The molecule has 2 aromatic heterocycles. The first-order valence-electron chi connectivity index (χ1n) is 8.28. The van der Waals surface area contributed by atoms with E-state index in [4.69, 9.17) is 10.9 Å². The molecule has 4 aromatic rings. The molecule has 0 aliphatic heterocycles. The second-order valence-corrected chi connectivity index (χ2v) is 7.66. The second kappa shape index (κ2) is 6.87. The van der Waals surface area contributed by atoms with Crippen LogP contribution in [0.5, 0.6) is 0 Å². The molecule has 0 saturated carbocycles. The summed E-state index contributed by atoms with van der Waals surface area (Å²) in [5.74, 6) is 0.540. The molecule has 0 aliphatic rings. The molecule has 0 aliphatic carbocycles. The van der Waals surface area contributed by atoms with Crippen LogP contribution in [0.3, 0.4) is 0 Å². The Kier molecular flexibility index (Phi) is 4.38. The molecule has 0 bridgehead atoms. The van der Waals surface area contributed by atoms with Crippen LogP contribution in [0, 0.1) is 0 Å². The van der Waals surface area contributed by atoms with Crippen LogP contribution in [-0.4, -0.2) is 23.4 Å². The number of anilines is 3. The van der Waals surface area contributed by atoms with Crippen LogP contribution in [-0.2, 0) is 10.0 Å². The fourth-order valence-corrected chi connectivity index (χ4v) is 3.39. The number of sulfonamides is 1. The Balaban J connectivity index is 1.78. The van der Waals surface area contributed by atoms with Gasteiger partial charge in [0.05, 0.1) is 10.4 Å². The molecule has 5 N–H and O–H groups in total. The van der Waals surface area contributed by atoms with Crippen LogP contribution in [0.1, 0.15) is 0 Å². The Morgan fingerprint density at radius 1 is 0.964 bits per heavy atom. The van der Waals surface area contributed by atoms with Gasteiger partial charge in [-0.15, -0.1) is 0 Å². The van der Waals surface area contributed by atoms with E-state index < -0.39 is 10.0 Å². The summed E-state index contributed by atoms with van der Waals surface area (Å²) >= 11 is 0. The topological polar surface area (TPSA) is 137 Å². The number of nitrogens with one attached hydrogen (secondary N) is 1. The minimum absolute atomic E-state index is 0.00422. The largest absolute Gasteiger partial charge is 0.368 e. The summed E-state index contributed by atoms with van der Waals surface area (Å²) in [7, 11) is -3.83. The standard InChI is InChI=1S/C19H16N6O2S/c20-19-23-11-16(12-3-1-5-15(10-12)28(21,26)27)18(25-19)24-14-6-7-17-13(9-14)4-2-8-22-17/h1-11H,(H2,21,26,27)(H3,20,23,24,25). The van der Waals surface area contributed by atoms with E-state index in [0.717, 1.165) is 16.6 Å². The molecule has 0 saturated heterocycles. The number of fused-ring (bicyclic) bond motifs is 1. The van der Waals surface area contributed by atoms with Gasteiger partial charge in [-0.3, -0.25) is 4.98 Å². The Labute approximate surface area is 161 Å². The highest BCUT2D eigenvalue weighted by atomic mass is 32.2. The van der Waals surface area contributed by atoms with E-state index in [0.29, 0.717) is 16.9 Å². The molecule has 4 rings (SSSR count). The summed E-state index contributed by atoms with van der Waals surface area (Å²) in [6.45, 7) is 0. The van der Waals surface area contributed by atoms with Gasteiger partial charge in [0.15, 0.2) is 0 Å². The molecule has 0 spiro atoms. The average Bonchev–Trinajstić information content (AvgIpc) is 2.67. The SMILES string of the molecule is Nc1ncc(-c2cccc(S(N)(=O)=O)c2)c(Nc2ccc3ncccc3c2)n1. The number of aromatic nitrogens is 3. The summed E-state index contributed by atoms with van der Waals surface area (Å²) < 4.78 is 23.4. The monoisotopic (exact) mass is 392 g/mol. The Bertz CT molecular complexity index is 1290. The number of nitrogens with zero attached hydrogens (tertiary/aromatic N) is 3. The van der Waals surface area contributed by atoms with Gasteiger partial charge in [-0.2, -0.15) is 4.98 Å². The normalized spacial score (nSPS) is 11.5. The van der Waals surface area contributed by atoms with Crippen molar-refractivity contribution >= 4 is 38.4 Å². The van der Waals surface area contributed by atoms with Crippen molar-refractivity contribution in [3.63, 3.8) is 0 Å². The maximum atomic E-state index is 11.7. The highest BCUT2D eigenvalue weighted by Crippen LogP contribution is 2.30. The van der Waals surface area contributed by atoms with Gasteiger partial charge in [-0.25, -0.2) is 18.5 Å². The molecule has 0 radical (unpaired) electrons. The van der Waals surface area contributed by atoms with Crippen LogP contribution in [0.15, 0.2) is 71.9 Å². The average molecular weight is 392 g/mol. The predicted molar refractivity (Wildman–Crippen MR) is 108 cm³/mol. The van der Waals surface area contributed by atoms with E-state index in [1.165, 1.54) is 18.3 Å². The van der Waals surface area contributed by atoms with Crippen molar-refractivity contribution in [2.24, 2.45) is 5.14 Å². The van der Waals surface area contributed by atoms with Gasteiger partial charge in [-0.05, 0) is 42.0 Å². The molecule has 0 fully saturated rings. The molecule has 0 amide bonds. The summed E-state index contributed by atoms with van der Waals surface area (Å²) in [6.07, 6.45) is 3.27. The van der Waals surface area contributed by atoms with Gasteiger partial charge < -0.3 is 11.1 Å². The lowest BCUT2D eigenvalue weighted by molar-refractivity contribution is 0.598. The van der Waals surface area contributed by atoms with Crippen molar-refractivity contribution in [2.75, 3.05) is 11.1 Å². The fraction of sp³-hybridized carbons (Fsp3) is 0. The summed E-state index contributed by atoms with van der Waals surface area (Å²) in [6, 6.07) is 15.8. The molecule has 140 valence electrons. The third-order valence-corrected chi connectivity index (χ3v) is 5.06. The van der Waals surface area contributed by atoms with E-state index in [9.17, 15) is 8.42 Å². The fourth-order valence-electron chi connectivity index (χ4n) is 2.83. The number of rotatable bonds is 4. The molecule has 2 aromatic carbocycles. The van der Waals surface area contributed by atoms with Crippen LogP contribution in [0.2, 0.25) is 0 Å². The lowest BCUT2D eigenvalue weighted by Crippen LogP contribution is -2.12. The number of nitrogens with two attached hydrogens (primary N) is 2. The van der Waals surface area contributed by atoms with Gasteiger partial charge in [0.25, 0.3) is 0 Å². The van der Waals surface area contributed by atoms with Crippen LogP contribution in [0.25, 0.3) is 22.0 Å². The number of primary sulfonamides is 1. The zero-order valence-electron chi connectivity index (χ0n) is 14.6. The minimum Gasteiger partial charge on any atom is -0.368 e. The number of hydrogen-bond acceptors (Lipinski definition) is 7. The van der Waals surface area contributed by atoms with Crippen LogP contribution in [0.4, 0.5) is 17.5 Å². The quantitative estimate of drug-likeness (QED) is 0.485. The van der Waals surface area contributed by atoms with Gasteiger partial charge in [0, 0.05) is 29.0 Å². The van der Waals surface area contributed by atoms with Crippen molar-refractivity contribution in [3.8, 4) is 11.1 Å². The highest BCUT2D eigenvalue weighted by molar-refractivity contribution is 7.89. The van der Waals surface area contributed by atoms with Gasteiger partial charge in [0.1, 0.15) is 5.82 Å². The molecule has 0 unspecified atom stereocenters. The van der Waals surface area contributed by atoms with Crippen molar-refractivity contribution in [3.05, 3.63) is 67.0 Å². The molecule has 0 atom stereocenters. The summed E-state index contributed by atoms with van der Waals surface area (Å²) in [5, 5.41) is 9.43. The summed E-state index contributed by atoms with van der Waals surface area (Å²) in [4.78, 5) is 12.6. The van der Waals surface area contributed by atoms with Crippen molar-refractivity contribution in [2.45, 2.75) is 4.90 Å². The number of nitrogen functional groups attached to an aromatic ring is 1. The molecule has 9 heteroatoms. The minimum atomic E-state index is -3.83. The third-order valence-electron chi connectivity index (χ3n) is 4.15. The number of pyridine rings is 1. The van der Waals surface area contributed by atoms with E-state index in [1.807, 2.05) is 30.3 Å². The van der Waals surface area contributed by atoms with E-state index in [2.05, 4.69) is 20.3 Å².